The van der Waals surface area contributed by atoms with Gasteiger partial charge in [-0.1, -0.05) is 32.9 Å². The molecule has 1 aromatic carbocycles. The third kappa shape index (κ3) is 3.93. The quantitative estimate of drug-likeness (QED) is 0.438. The van der Waals surface area contributed by atoms with Crippen molar-refractivity contribution in [1.82, 2.24) is 34.4 Å². The molecule has 11 nitrogen and oxygen atoms in total. The van der Waals surface area contributed by atoms with Crippen molar-refractivity contribution in [3.8, 4) is 12.0 Å². The summed E-state index contributed by atoms with van der Waals surface area (Å²) in [7, 11) is 0. The van der Waals surface area contributed by atoms with Gasteiger partial charge in [-0.3, -0.25) is 9.36 Å². The van der Waals surface area contributed by atoms with Crippen molar-refractivity contribution in [1.29, 1.82) is 0 Å². The van der Waals surface area contributed by atoms with Crippen molar-refractivity contribution in [2.24, 2.45) is 5.92 Å². The van der Waals surface area contributed by atoms with Crippen molar-refractivity contribution < 1.29 is 14.3 Å². The summed E-state index contributed by atoms with van der Waals surface area (Å²) in [5.74, 6) is 2.31. The highest BCUT2D eigenvalue weighted by Crippen LogP contribution is 2.29. The second-order valence-electron chi connectivity index (χ2n) is 9.53. The number of benzene rings is 1. The highest BCUT2D eigenvalue weighted by molar-refractivity contribution is 5.86. The molecule has 0 saturated carbocycles. The van der Waals surface area contributed by atoms with E-state index in [0.29, 0.717) is 43.9 Å². The lowest BCUT2D eigenvalue weighted by Gasteiger charge is -2.39. The maximum absolute atomic E-state index is 12.2. The molecule has 188 valence electrons. The number of ether oxygens (including phenoxy) is 2. The summed E-state index contributed by atoms with van der Waals surface area (Å²) < 4.78 is 13.7. The Morgan fingerprint density at radius 2 is 1.92 bits per heavy atom. The molecule has 3 aromatic heterocycles. The molecule has 6 rings (SSSR count). The van der Waals surface area contributed by atoms with E-state index in [1.165, 1.54) is 0 Å². The van der Waals surface area contributed by atoms with Crippen LogP contribution in [0.4, 0.5) is 5.82 Å². The van der Waals surface area contributed by atoms with Crippen LogP contribution in [0.1, 0.15) is 26.6 Å². The van der Waals surface area contributed by atoms with Gasteiger partial charge in [0.2, 0.25) is 11.9 Å². The number of nitrogens with zero attached hydrogens (tertiary/aromatic N) is 7. The molecule has 2 aliphatic rings. The van der Waals surface area contributed by atoms with Crippen LogP contribution in [0.25, 0.3) is 28.1 Å². The summed E-state index contributed by atoms with van der Waals surface area (Å²) >= 11 is 0. The molecule has 36 heavy (non-hydrogen) atoms. The first kappa shape index (κ1) is 22.7. The average Bonchev–Trinajstić information content (AvgIpc) is 3.46. The number of para-hydroxylation sites is 2. The monoisotopic (exact) mass is 490 g/mol. The number of hydrogen-bond donors (Lipinski definition) is 1. The molecule has 2 fully saturated rings. The van der Waals surface area contributed by atoms with Gasteiger partial charge in [-0.25, -0.2) is 4.98 Å². The molecule has 1 N–H and O–H groups in total. The predicted molar refractivity (Wildman–Crippen MR) is 135 cm³/mol. The second-order valence-corrected chi connectivity index (χ2v) is 9.53. The van der Waals surface area contributed by atoms with Gasteiger partial charge in [-0.2, -0.15) is 15.0 Å². The summed E-state index contributed by atoms with van der Waals surface area (Å²) in [4.78, 5) is 38.8. The number of carbonyl (C=O) groups excluding carboxylic acids is 1. The van der Waals surface area contributed by atoms with Gasteiger partial charge in [0.15, 0.2) is 11.5 Å². The molecule has 2 aliphatic heterocycles. The Hall–Kier alpha value is -3.73. The first-order valence-electron chi connectivity index (χ1n) is 12.5. The molecule has 0 bridgehead atoms. The lowest BCUT2D eigenvalue weighted by atomic mass is 10.1. The zero-order chi connectivity index (χ0) is 24.8. The fraction of sp³-hybridized carbons (Fsp3) is 0.480. The lowest BCUT2D eigenvalue weighted by Crippen LogP contribution is -2.57. The fourth-order valence-corrected chi connectivity index (χ4v) is 4.76. The van der Waals surface area contributed by atoms with Crippen LogP contribution in [0.15, 0.2) is 24.3 Å². The maximum atomic E-state index is 12.2. The molecular formula is C25H30N8O3. The van der Waals surface area contributed by atoms with E-state index >= 15 is 0 Å². The second kappa shape index (κ2) is 9.05. The molecule has 0 spiro atoms. The summed E-state index contributed by atoms with van der Waals surface area (Å²) in [6, 6.07) is 8.39. The van der Waals surface area contributed by atoms with Crippen molar-refractivity contribution in [3.05, 3.63) is 30.1 Å². The van der Waals surface area contributed by atoms with E-state index in [4.69, 9.17) is 24.4 Å². The summed E-state index contributed by atoms with van der Waals surface area (Å²) in [5, 5.41) is 0. The molecule has 0 aliphatic carbocycles. The summed E-state index contributed by atoms with van der Waals surface area (Å²) in [6.45, 7) is 9.72. The summed E-state index contributed by atoms with van der Waals surface area (Å²) in [5.41, 5.74) is 3.12. The minimum Gasteiger partial charge on any atom is -0.458 e. The molecule has 2 saturated heterocycles. The van der Waals surface area contributed by atoms with Crippen molar-refractivity contribution in [2.45, 2.75) is 33.3 Å². The number of anilines is 1. The van der Waals surface area contributed by atoms with Gasteiger partial charge in [0.05, 0.1) is 37.3 Å². The van der Waals surface area contributed by atoms with E-state index < -0.39 is 0 Å². The van der Waals surface area contributed by atoms with Crippen molar-refractivity contribution in [3.63, 3.8) is 0 Å². The standard InChI is InChI=1S/C25H30N8O3/c1-4-19-26-17-7-5-6-8-18(17)33(19)24-28-21-20(22(30-24)31-9-11-35-12-10-31)27-25(29-21)36-16-13-32(14-16)23(34)15(2)3/h5-8,15-16H,4,9-14H2,1-3H3,(H,27,28,29,30). The Morgan fingerprint density at radius 1 is 1.14 bits per heavy atom. The number of carbonyl (C=O) groups is 1. The number of amides is 1. The number of rotatable bonds is 6. The molecule has 5 heterocycles. The zero-order valence-corrected chi connectivity index (χ0v) is 20.8. The highest BCUT2D eigenvalue weighted by atomic mass is 16.5. The zero-order valence-electron chi connectivity index (χ0n) is 20.8. The molecular weight excluding hydrogens is 460 g/mol. The molecule has 0 radical (unpaired) electrons. The Bertz CT molecular complexity index is 1420. The van der Waals surface area contributed by atoms with Gasteiger partial charge in [0.1, 0.15) is 17.4 Å². The van der Waals surface area contributed by atoms with Gasteiger partial charge in [0, 0.05) is 25.4 Å². The van der Waals surface area contributed by atoms with Crippen LogP contribution in [0.5, 0.6) is 6.01 Å². The molecule has 11 heteroatoms. The van der Waals surface area contributed by atoms with Gasteiger partial charge in [-0.05, 0) is 12.1 Å². The number of aromatic amines is 1. The summed E-state index contributed by atoms with van der Waals surface area (Å²) in [6.07, 6.45) is 0.641. The van der Waals surface area contributed by atoms with Gasteiger partial charge in [-0.15, -0.1) is 0 Å². The fourth-order valence-electron chi connectivity index (χ4n) is 4.76. The van der Waals surface area contributed by atoms with Crippen LogP contribution >= 0.6 is 0 Å². The van der Waals surface area contributed by atoms with Crippen molar-refractivity contribution >= 4 is 33.9 Å². The SMILES string of the molecule is CCc1nc2ccccc2n1-c1nc(N2CCOCC2)c2[nH]c(OC3CN(C(=O)C(C)C)C3)nc2n1. The topological polar surface area (TPSA) is 114 Å². The van der Waals surface area contributed by atoms with Crippen LogP contribution in [0, 0.1) is 5.92 Å². The van der Waals surface area contributed by atoms with Crippen molar-refractivity contribution in [2.75, 3.05) is 44.3 Å². The van der Waals surface area contributed by atoms with Crippen LogP contribution in [-0.2, 0) is 16.0 Å². The largest absolute Gasteiger partial charge is 0.458 e. The number of likely N-dealkylation sites (tertiary alicyclic amines) is 1. The molecule has 4 aromatic rings. The number of imidazole rings is 2. The van der Waals surface area contributed by atoms with Crippen LogP contribution in [0.3, 0.4) is 0 Å². The number of nitrogens with one attached hydrogen (secondary N) is 1. The van der Waals surface area contributed by atoms with E-state index in [2.05, 4.69) is 21.8 Å². The normalized spacial score (nSPS) is 16.8. The Kier molecular flexibility index (Phi) is 5.71. The van der Waals surface area contributed by atoms with Crippen LogP contribution < -0.4 is 9.64 Å². The number of H-pyrrole nitrogens is 1. The molecule has 0 atom stereocenters. The lowest BCUT2D eigenvalue weighted by molar-refractivity contribution is -0.143. The van der Waals surface area contributed by atoms with E-state index in [9.17, 15) is 4.79 Å². The Morgan fingerprint density at radius 3 is 2.67 bits per heavy atom. The number of hydrogen-bond acceptors (Lipinski definition) is 8. The third-order valence-corrected chi connectivity index (χ3v) is 6.69. The van der Waals surface area contributed by atoms with Crippen LogP contribution in [0.2, 0.25) is 0 Å². The predicted octanol–water partition coefficient (Wildman–Crippen LogP) is 2.34. The Labute approximate surface area is 208 Å². The van der Waals surface area contributed by atoms with E-state index in [1.54, 1.807) is 0 Å². The number of aromatic nitrogens is 6. The van der Waals surface area contributed by atoms with Gasteiger partial charge < -0.3 is 24.3 Å². The van der Waals surface area contributed by atoms with Gasteiger partial charge >= 0.3 is 0 Å². The number of morpholine rings is 1. The van der Waals surface area contributed by atoms with E-state index in [0.717, 1.165) is 47.7 Å². The van der Waals surface area contributed by atoms with Gasteiger partial charge in [0.25, 0.3) is 6.01 Å². The molecule has 1 amide bonds. The first-order valence-corrected chi connectivity index (χ1v) is 12.5. The third-order valence-electron chi connectivity index (χ3n) is 6.69. The van der Waals surface area contributed by atoms with E-state index in [1.807, 2.05) is 47.6 Å². The minimum absolute atomic E-state index is 0.0193. The highest BCUT2D eigenvalue weighted by Gasteiger charge is 2.34. The number of aryl methyl sites for hydroxylation is 1. The average molecular weight is 491 g/mol. The minimum atomic E-state index is -0.100. The van der Waals surface area contributed by atoms with E-state index in [-0.39, 0.29) is 17.9 Å². The van der Waals surface area contributed by atoms with Crippen LogP contribution in [-0.4, -0.2) is 85.8 Å². The smallest absolute Gasteiger partial charge is 0.296 e. The first-order chi connectivity index (χ1) is 17.5. The Balaban J connectivity index is 1.38. The maximum Gasteiger partial charge on any atom is 0.296 e. The number of fused-ring (bicyclic) bond motifs is 2. The molecule has 0 unspecified atom stereocenters.